The molecule has 0 aliphatic carbocycles. The second-order valence-electron chi connectivity index (χ2n) is 30.2. The summed E-state index contributed by atoms with van der Waals surface area (Å²) >= 11 is 3.70. The van der Waals surface area contributed by atoms with Gasteiger partial charge in [0, 0.05) is 83.6 Å². The van der Waals surface area contributed by atoms with Crippen molar-refractivity contribution in [3.63, 3.8) is 0 Å². The Kier molecular flexibility index (Phi) is 18.2. The monoisotopic (exact) mass is 1500 g/mol. The topological polar surface area (TPSA) is 31.4 Å². The Labute approximate surface area is 666 Å². The smallest absolute Gasteiger partial charge is 0.399 e. The first kappa shape index (κ1) is 69.8. The van der Waals surface area contributed by atoms with Gasteiger partial charge >= 0.3 is 20.8 Å². The summed E-state index contributed by atoms with van der Waals surface area (Å²) in [6.07, 6.45) is 0. The molecule has 16 aromatic carbocycles. The van der Waals surface area contributed by atoms with Gasteiger partial charge in [-0.1, -0.05) is 289 Å². The average Bonchev–Trinajstić information content (AvgIpc) is 1.00. The Balaban J connectivity index is 0.000000120. The van der Waals surface area contributed by atoms with Crippen LogP contribution in [0.3, 0.4) is 0 Å². The number of halogens is 1. The van der Waals surface area contributed by atoms with Gasteiger partial charge in [-0.2, -0.15) is 0 Å². The van der Waals surface area contributed by atoms with E-state index in [-0.39, 0.29) is 32.0 Å². The summed E-state index contributed by atoms with van der Waals surface area (Å²) in [5.74, 6) is 0. The van der Waals surface area contributed by atoms with E-state index in [1.54, 1.807) is 0 Å². The van der Waals surface area contributed by atoms with Crippen LogP contribution in [-0.2, 0) is 9.31 Å². The average molecular weight is 1500 g/mol. The summed E-state index contributed by atoms with van der Waals surface area (Å²) < 4.78 is 13.5. The van der Waals surface area contributed by atoms with Crippen LogP contribution in [-0.4, -0.2) is 32.0 Å². The molecule has 0 N–H and O–H groups in total. The molecule has 6 nitrogen and oxygen atoms in total. The lowest BCUT2D eigenvalue weighted by Crippen LogP contribution is -2.59. The van der Waals surface area contributed by atoms with Gasteiger partial charge in [0.05, 0.1) is 11.2 Å². The number of benzene rings is 16. The number of hydrogen-bond acceptors (Lipinski definition) is 6. The third kappa shape index (κ3) is 12.7. The van der Waals surface area contributed by atoms with Gasteiger partial charge in [-0.05, 0) is 238 Å². The fourth-order valence-corrected chi connectivity index (χ4v) is 17.4. The summed E-state index contributed by atoms with van der Waals surface area (Å²) in [6.45, 7) is 8.55. The van der Waals surface area contributed by atoms with Crippen LogP contribution in [0.2, 0.25) is 0 Å². The van der Waals surface area contributed by atoms with Crippen molar-refractivity contribution < 1.29 is 9.31 Å². The minimum atomic E-state index is -0.346. The van der Waals surface area contributed by atoms with E-state index < -0.39 is 0 Å². The molecule has 5 aliphatic heterocycles. The molecule has 0 bridgehead atoms. The maximum absolute atomic E-state index is 6.18. The highest BCUT2D eigenvalue weighted by Crippen LogP contribution is 2.51. The van der Waals surface area contributed by atoms with Gasteiger partial charge in [0.2, 0.25) is 0 Å². The molecule has 0 saturated carbocycles. The summed E-state index contributed by atoms with van der Waals surface area (Å²) in [5, 5.41) is 0. The van der Waals surface area contributed by atoms with Gasteiger partial charge in [0.25, 0.3) is 0 Å². The molecular formula is C102H78B3BrN4O2. The minimum absolute atomic E-state index is 0.0899. The van der Waals surface area contributed by atoms with Gasteiger partial charge in [-0.25, -0.2) is 0 Å². The molecule has 1 saturated heterocycles. The third-order valence-electron chi connectivity index (χ3n) is 23.1. The van der Waals surface area contributed by atoms with Crippen LogP contribution in [0.4, 0.5) is 56.9 Å². The molecule has 0 aromatic heterocycles. The predicted molar refractivity (Wildman–Crippen MR) is 477 cm³/mol. The third-order valence-corrected chi connectivity index (χ3v) is 23.6. The van der Waals surface area contributed by atoms with Gasteiger partial charge in [-0.15, -0.1) is 0 Å². The Bertz CT molecular complexity index is 6040. The van der Waals surface area contributed by atoms with Crippen molar-refractivity contribution in [3.8, 4) is 77.9 Å². The van der Waals surface area contributed by atoms with Crippen LogP contribution in [0.15, 0.2) is 405 Å². The molecule has 112 heavy (non-hydrogen) atoms. The van der Waals surface area contributed by atoms with E-state index >= 15 is 0 Å². The lowest BCUT2D eigenvalue weighted by molar-refractivity contribution is 0.00578. The lowest BCUT2D eigenvalue weighted by atomic mass is 9.43. The van der Waals surface area contributed by atoms with Crippen molar-refractivity contribution in [2.75, 3.05) is 19.4 Å². The van der Waals surface area contributed by atoms with E-state index in [1.807, 2.05) is 12.1 Å². The Morgan fingerprint density at radius 1 is 0.241 bits per heavy atom. The van der Waals surface area contributed by atoms with E-state index in [1.165, 1.54) is 122 Å². The SMILES string of the molecule is Brc1ccc2c(c1)-c1ccccc1B1c3ccccc3-c3cc(-c4ccccc4)ccc3N12.CC1(C)OB(c2ccc(N(c3ccccc3)c3ccccc3)cc2)OC1(C)C.c1ccc(-c2ccc3c(c2)-c2ccccc2B2c4ccccc4-c4cc(-c5ccc(N(c6ccccc6)c6ccccc6)cc5)ccc4N23)cc1. The van der Waals surface area contributed by atoms with Crippen molar-refractivity contribution in [2.45, 2.75) is 38.9 Å². The largest absolute Gasteiger partial charge is 0.494 e. The highest BCUT2D eigenvalue weighted by Gasteiger charge is 2.52. The Morgan fingerprint density at radius 3 is 0.821 bits per heavy atom. The van der Waals surface area contributed by atoms with Crippen molar-refractivity contribution in [2.24, 2.45) is 0 Å². The van der Waals surface area contributed by atoms with E-state index in [4.69, 9.17) is 9.31 Å². The van der Waals surface area contributed by atoms with Crippen molar-refractivity contribution >= 4 is 121 Å². The quantitative estimate of drug-likeness (QED) is 0.127. The van der Waals surface area contributed by atoms with E-state index in [0.29, 0.717) is 0 Å². The van der Waals surface area contributed by atoms with E-state index in [2.05, 4.69) is 451 Å². The van der Waals surface area contributed by atoms with Crippen LogP contribution >= 0.6 is 15.9 Å². The Morgan fingerprint density at radius 2 is 0.491 bits per heavy atom. The Hall–Kier alpha value is -12.7. The first-order valence-electron chi connectivity index (χ1n) is 38.6. The van der Waals surface area contributed by atoms with Gasteiger partial charge in [0.15, 0.2) is 0 Å². The molecule has 534 valence electrons. The maximum atomic E-state index is 6.18. The first-order chi connectivity index (χ1) is 55.0. The molecule has 10 heteroatoms. The number of anilines is 10. The molecule has 0 unspecified atom stereocenters. The van der Waals surface area contributed by atoms with Crippen LogP contribution < -0.4 is 46.7 Å². The summed E-state index contributed by atoms with van der Waals surface area (Å²) in [5.41, 5.74) is 35.2. The molecule has 21 rings (SSSR count). The number of fused-ring (bicyclic) bond motifs is 22. The van der Waals surface area contributed by atoms with Crippen molar-refractivity contribution in [1.82, 2.24) is 0 Å². The molecule has 0 radical (unpaired) electrons. The fraction of sp³-hybridized carbons (Fsp3) is 0.0588. The van der Waals surface area contributed by atoms with Crippen molar-refractivity contribution in [1.29, 1.82) is 0 Å². The van der Waals surface area contributed by atoms with E-state index in [0.717, 1.165) is 44.1 Å². The van der Waals surface area contributed by atoms with Crippen LogP contribution in [0.25, 0.3) is 77.9 Å². The number of hydrogen-bond donors (Lipinski definition) is 0. The zero-order valence-electron chi connectivity index (χ0n) is 62.8. The van der Waals surface area contributed by atoms with Gasteiger partial charge in [0.1, 0.15) is 0 Å². The van der Waals surface area contributed by atoms with Gasteiger partial charge < -0.3 is 28.7 Å². The van der Waals surface area contributed by atoms with Crippen LogP contribution in [0.5, 0.6) is 0 Å². The summed E-state index contributed by atoms with van der Waals surface area (Å²) in [7, 11) is -0.346. The summed E-state index contributed by atoms with van der Waals surface area (Å²) in [4.78, 5) is 9.67. The normalized spacial score (nSPS) is 13.7. The molecule has 5 aliphatic rings. The molecule has 0 spiro atoms. The highest BCUT2D eigenvalue weighted by molar-refractivity contribution is 9.10. The van der Waals surface area contributed by atoms with Crippen LogP contribution in [0.1, 0.15) is 27.7 Å². The maximum Gasteiger partial charge on any atom is 0.494 e. The van der Waals surface area contributed by atoms with Crippen molar-refractivity contribution in [3.05, 3.63) is 405 Å². The zero-order chi connectivity index (χ0) is 75.4. The van der Waals surface area contributed by atoms with Gasteiger partial charge in [-0.3, -0.25) is 0 Å². The minimum Gasteiger partial charge on any atom is -0.399 e. The zero-order valence-corrected chi connectivity index (χ0v) is 64.4. The second-order valence-corrected chi connectivity index (χ2v) is 31.1. The standard InChI is InChI=1S/C48H33BN2.C30H19BBrN.C24H26BNO2/c1-4-14-34(15-5-1)36-26-30-47-43(32-36)41-20-10-12-22-45(41)49-46-23-13-11-21-42(46)44-33-37(27-31-48(44)51(47)49)35-24-28-40(29-25-35)50(38-16-6-2-7-17-38)39-18-8-3-9-19-39;32-22-15-17-30-26(19-22)24-11-5-7-13-28(24)31-27-12-6-4-10-23(27)25-18-21(14-16-29(25)33(30)31)20-8-2-1-3-9-20;1-23(2)24(3,4)28-25(27-23)19-15-17-22(18-16-19)26(20-11-7-5-8-12-20)21-13-9-6-10-14-21/h1-33H;1-19H;5-18H,1-4H3. The number of para-hydroxylation sites is 4. The van der Waals surface area contributed by atoms with Crippen LogP contribution in [0, 0.1) is 0 Å². The first-order valence-corrected chi connectivity index (χ1v) is 39.4. The molecule has 5 heterocycles. The van der Waals surface area contributed by atoms with E-state index in [9.17, 15) is 0 Å². The molecule has 0 amide bonds. The molecule has 1 fully saturated rings. The predicted octanol–water partition coefficient (Wildman–Crippen LogP) is 23.9. The number of nitrogens with zero attached hydrogens (tertiary/aromatic N) is 4. The lowest BCUT2D eigenvalue weighted by Gasteiger charge is -2.43. The molecule has 16 aromatic rings. The molecule has 0 atom stereocenters. The fourth-order valence-electron chi connectivity index (χ4n) is 17.0. The second kappa shape index (κ2) is 29.3. The molecular weight excluding hydrogens is 1430 g/mol. The summed E-state index contributed by atoms with van der Waals surface area (Å²) in [6, 6.07) is 144. The number of rotatable bonds is 10. The highest BCUT2D eigenvalue weighted by atomic mass is 79.9.